The molecule has 1 aromatic rings. The van der Waals surface area contributed by atoms with Gasteiger partial charge in [-0.05, 0) is 89.9 Å². The van der Waals surface area contributed by atoms with Crippen LogP contribution in [0.4, 0.5) is 0 Å². The fourth-order valence-corrected chi connectivity index (χ4v) is 5.45. The molecule has 2 saturated heterocycles. The van der Waals surface area contributed by atoms with E-state index in [-0.39, 0.29) is 22.8 Å². The molecule has 5 rings (SSSR count). The topological polar surface area (TPSA) is 180 Å². The second-order valence-corrected chi connectivity index (χ2v) is 14.3. The number of benzene rings is 1. The molecule has 4 heterocycles. The Bertz CT molecular complexity index is 1540. The molecule has 1 aromatic carbocycles. The first kappa shape index (κ1) is 39.5. The molecule has 0 spiro atoms. The van der Waals surface area contributed by atoms with Crippen molar-refractivity contribution in [2.75, 3.05) is 27.2 Å². The van der Waals surface area contributed by atoms with Crippen LogP contribution in [0.25, 0.3) is 0 Å². The highest BCUT2D eigenvalue weighted by Crippen LogP contribution is 2.45. The van der Waals surface area contributed by atoms with Gasteiger partial charge in [0.2, 0.25) is 11.6 Å². The van der Waals surface area contributed by atoms with Crippen LogP contribution >= 0.6 is 0 Å². The molecular weight excluding hydrogens is 648 g/mol. The monoisotopic (exact) mass is 696 g/mol. The van der Waals surface area contributed by atoms with E-state index in [0.29, 0.717) is 24.7 Å². The van der Waals surface area contributed by atoms with E-state index in [0.717, 1.165) is 43.9 Å². The van der Waals surface area contributed by atoms with E-state index in [9.17, 15) is 40.0 Å². The van der Waals surface area contributed by atoms with E-state index in [1.54, 1.807) is 55.4 Å². The molecule has 4 aliphatic rings. The van der Waals surface area contributed by atoms with E-state index in [4.69, 9.17) is 0 Å². The summed E-state index contributed by atoms with van der Waals surface area (Å²) in [6.07, 6.45) is 7.46. The van der Waals surface area contributed by atoms with Crippen molar-refractivity contribution in [2.45, 2.75) is 91.4 Å². The van der Waals surface area contributed by atoms with Crippen LogP contribution in [-0.4, -0.2) is 101 Å². The Morgan fingerprint density at radius 2 is 0.880 bits per heavy atom. The number of hydrogen-bond acceptors (Lipinski definition) is 12. The molecule has 2 radical (unpaired) electrons. The molecule has 16 nitrogen and oxygen atoms in total. The molecule has 0 bridgehead atoms. The summed E-state index contributed by atoms with van der Waals surface area (Å²) in [5, 5.41) is 47.3. The standard InChI is InChI=1S/2C13H22N4O2.C8H6O4/c2*1-7-15-9-8-14(6)10(15)11-16(18)12(2,3)13(4,5)17(11)19;9-7(10)5-1-2-6(4-3-5)8(11)12/h2*8-9H,7H2,1-6H3;1-4H,(H,9,10)(H,11,12)/q2*+1;/p-2. The summed E-state index contributed by atoms with van der Waals surface area (Å²) in [5.74, 6) is -1.01. The Morgan fingerprint density at radius 1 is 0.600 bits per heavy atom. The van der Waals surface area contributed by atoms with Crippen LogP contribution in [0.15, 0.2) is 72.3 Å². The molecule has 2 fully saturated rings. The molecule has 0 atom stereocenters. The number of carboxylic acids is 2. The van der Waals surface area contributed by atoms with Crippen LogP contribution < -0.4 is 10.2 Å². The van der Waals surface area contributed by atoms with Gasteiger partial charge in [-0.15, -0.1) is 0 Å². The van der Waals surface area contributed by atoms with E-state index < -0.39 is 34.1 Å². The highest BCUT2D eigenvalue weighted by molar-refractivity contribution is 5.89. The molecule has 0 amide bonds. The first-order valence-electron chi connectivity index (χ1n) is 16.2. The number of carbonyl (C=O) groups is 2. The third kappa shape index (κ3) is 6.40. The zero-order valence-corrected chi connectivity index (χ0v) is 30.9. The minimum atomic E-state index is -1.33. The lowest BCUT2D eigenvalue weighted by molar-refractivity contribution is -0.570. The summed E-state index contributed by atoms with van der Waals surface area (Å²) in [6, 6.07) is 4.61. The first-order chi connectivity index (χ1) is 22.9. The minimum absolute atomic E-state index is 0.0556. The fourth-order valence-electron chi connectivity index (χ4n) is 5.45. The van der Waals surface area contributed by atoms with Crippen molar-refractivity contribution < 1.29 is 39.7 Å². The third-order valence-corrected chi connectivity index (χ3v) is 10.4. The number of carbonyl (C=O) groups excluding carboxylic acids is 2. The molecule has 16 heteroatoms. The number of rotatable bonds is 4. The first-order valence-corrected chi connectivity index (χ1v) is 16.2. The summed E-state index contributed by atoms with van der Waals surface area (Å²) in [6.45, 7) is 19.8. The van der Waals surface area contributed by atoms with Gasteiger partial charge in [0.05, 0.1) is 11.9 Å². The molecule has 0 unspecified atom stereocenters. The normalized spacial score (nSPS) is 24.1. The maximum atomic E-state index is 12.6. The van der Waals surface area contributed by atoms with E-state index in [2.05, 4.69) is 0 Å². The number of carboxylic acid groups (broad SMARTS) is 2. The summed E-state index contributed by atoms with van der Waals surface area (Å²) in [4.78, 5) is 53.0. The number of aromatic carboxylic acids is 2. The van der Waals surface area contributed by atoms with Gasteiger partial charge in [-0.25, -0.2) is 0 Å². The lowest BCUT2D eigenvalue weighted by Gasteiger charge is -2.25. The highest BCUT2D eigenvalue weighted by atomic mass is 16.5. The number of hydroxylamine groups is 4. The van der Waals surface area contributed by atoms with Gasteiger partial charge in [0.1, 0.15) is 0 Å². The summed E-state index contributed by atoms with van der Waals surface area (Å²) in [5.41, 5.74) is -3.22. The number of hydrogen-bond donors (Lipinski definition) is 0. The van der Waals surface area contributed by atoms with Gasteiger partial charge in [-0.2, -0.15) is 0 Å². The molecule has 0 aliphatic carbocycles. The average Bonchev–Trinajstić information content (AvgIpc) is 3.67. The van der Waals surface area contributed by atoms with Crippen molar-refractivity contribution in [2.24, 2.45) is 0 Å². The summed E-state index contributed by atoms with van der Waals surface area (Å²) >= 11 is 0. The smallest absolute Gasteiger partial charge is 0.391 e. The highest BCUT2D eigenvalue weighted by Gasteiger charge is 2.68. The quantitative estimate of drug-likeness (QED) is 0.419. The van der Waals surface area contributed by atoms with Crippen molar-refractivity contribution in [1.82, 2.24) is 29.7 Å². The van der Waals surface area contributed by atoms with Crippen molar-refractivity contribution in [3.05, 3.63) is 93.3 Å². The molecule has 272 valence electrons. The van der Waals surface area contributed by atoms with Crippen LogP contribution in [0, 0.1) is 9.81 Å². The van der Waals surface area contributed by atoms with Crippen molar-refractivity contribution in [3.63, 3.8) is 0 Å². The van der Waals surface area contributed by atoms with Gasteiger partial charge < -0.3 is 39.4 Å². The van der Waals surface area contributed by atoms with Crippen molar-refractivity contribution in [3.8, 4) is 0 Å². The van der Waals surface area contributed by atoms with E-state index in [1.807, 2.05) is 72.3 Å². The molecule has 0 N–H and O–H groups in total. The summed E-state index contributed by atoms with van der Waals surface area (Å²) in [7, 11) is 3.68. The van der Waals surface area contributed by atoms with Crippen molar-refractivity contribution >= 4 is 11.9 Å². The van der Waals surface area contributed by atoms with Crippen LogP contribution in [-0.2, 0) is 10.4 Å². The van der Waals surface area contributed by atoms with Crippen LogP contribution in [0.1, 0.15) is 90.0 Å². The number of nitrogens with zero attached hydrogens (tertiary/aromatic N) is 8. The zero-order chi connectivity index (χ0) is 38.3. The fraction of sp³-hybridized carbons (Fsp3) is 0.529. The van der Waals surface area contributed by atoms with E-state index >= 15 is 0 Å². The second-order valence-electron chi connectivity index (χ2n) is 14.3. The van der Waals surface area contributed by atoms with Gasteiger partial charge in [-0.1, -0.05) is 44.2 Å². The SMILES string of the molecule is CCN1C=CN(C)/C1=C1/N([O])C(C)(C)C(C)(C)[N+]1=O.CCN1C=CN(C)/C1=C1/N([O])C(C)(C)C(C)(C)[N+]1=O.O=C([O-])c1ccc(C(=O)[O-])cc1. The van der Waals surface area contributed by atoms with Crippen molar-refractivity contribution in [1.29, 1.82) is 0 Å². The predicted octanol–water partition coefficient (Wildman–Crippen LogP) is 2.11. The number of nitroso groups, excluding NO2 is 2. The lowest BCUT2D eigenvalue weighted by atomic mass is 9.84. The van der Waals surface area contributed by atoms with Crippen LogP contribution in [0.5, 0.6) is 0 Å². The van der Waals surface area contributed by atoms with Gasteiger partial charge in [0.15, 0.2) is 22.2 Å². The van der Waals surface area contributed by atoms with Gasteiger partial charge >= 0.3 is 11.6 Å². The second kappa shape index (κ2) is 13.7. The zero-order valence-electron chi connectivity index (χ0n) is 30.9. The maximum absolute atomic E-state index is 12.6. The predicted molar refractivity (Wildman–Crippen MR) is 176 cm³/mol. The van der Waals surface area contributed by atoms with E-state index in [1.165, 1.54) is 0 Å². The Kier molecular flexibility index (Phi) is 10.9. The van der Waals surface area contributed by atoms with Gasteiger partial charge in [0, 0.05) is 62.4 Å². The average molecular weight is 697 g/mol. The third-order valence-electron chi connectivity index (χ3n) is 10.4. The molecule has 50 heavy (non-hydrogen) atoms. The largest absolute Gasteiger partial charge is 0.545 e. The molecular formula is C34H48N8O8. The molecule has 0 aromatic heterocycles. The summed E-state index contributed by atoms with van der Waals surface area (Å²) < 4.78 is 1.70. The van der Waals surface area contributed by atoms with Crippen LogP contribution in [0.3, 0.4) is 0 Å². The van der Waals surface area contributed by atoms with Gasteiger partial charge in [0.25, 0.3) is 0 Å². The van der Waals surface area contributed by atoms with Crippen LogP contribution in [0.2, 0.25) is 0 Å². The maximum Gasteiger partial charge on any atom is 0.391 e. The van der Waals surface area contributed by atoms with Gasteiger partial charge in [-0.3, -0.25) is 0 Å². The Morgan fingerprint density at radius 3 is 1.08 bits per heavy atom. The Hall–Kier alpha value is -4.96. The minimum Gasteiger partial charge on any atom is -0.545 e. The Labute approximate surface area is 293 Å². The lowest BCUT2D eigenvalue weighted by Crippen LogP contribution is -2.50. The Balaban J connectivity index is 0.000000209. The molecule has 4 aliphatic heterocycles. The molecule has 0 saturated carbocycles.